The van der Waals surface area contributed by atoms with E-state index in [0.717, 1.165) is 33.0 Å². The third-order valence-electron chi connectivity index (χ3n) is 7.77. The van der Waals surface area contributed by atoms with Crippen molar-refractivity contribution in [1.29, 1.82) is 0 Å². The first-order chi connectivity index (χ1) is 18.3. The Morgan fingerprint density at radius 2 is 1.22 bits per heavy atom. The monoisotopic (exact) mass is 489 g/mol. The number of rotatable bonds is 1. The van der Waals surface area contributed by atoms with Crippen molar-refractivity contribution in [2.24, 2.45) is 0 Å². The molecule has 0 unspecified atom stereocenters. The van der Waals surface area contributed by atoms with E-state index >= 15 is 0 Å². The summed E-state index contributed by atoms with van der Waals surface area (Å²) in [6, 6.07) is 39.6. The molecule has 172 valence electrons. The molecule has 0 fully saturated rings. The van der Waals surface area contributed by atoms with Crippen molar-refractivity contribution >= 4 is 86.0 Å². The zero-order chi connectivity index (χ0) is 24.1. The highest BCUT2D eigenvalue weighted by Gasteiger charge is 2.13. The van der Waals surface area contributed by atoms with Gasteiger partial charge in [-0.05, 0) is 64.4 Å². The molecule has 0 saturated carbocycles. The fourth-order valence-corrected chi connectivity index (χ4v) is 7.09. The van der Waals surface area contributed by atoms with Crippen molar-refractivity contribution in [3.63, 3.8) is 0 Å². The van der Waals surface area contributed by atoms with Crippen LogP contribution in [0.25, 0.3) is 85.8 Å². The van der Waals surface area contributed by atoms with Crippen molar-refractivity contribution < 1.29 is 4.42 Å². The number of para-hydroxylation sites is 1. The van der Waals surface area contributed by atoms with Crippen LogP contribution in [0.5, 0.6) is 0 Å². The normalized spacial score (nSPS) is 12.3. The van der Waals surface area contributed by atoms with Crippen LogP contribution in [0.2, 0.25) is 0 Å². The summed E-state index contributed by atoms with van der Waals surface area (Å²) in [6.07, 6.45) is 0. The van der Waals surface area contributed by atoms with Crippen LogP contribution in [-0.4, -0.2) is 4.98 Å². The molecule has 6 aromatic carbocycles. The van der Waals surface area contributed by atoms with Gasteiger partial charge in [0.05, 0.1) is 5.52 Å². The fourth-order valence-electron chi connectivity index (χ4n) is 5.95. The highest BCUT2D eigenvalue weighted by Crippen LogP contribution is 2.39. The van der Waals surface area contributed by atoms with Gasteiger partial charge in [-0.15, -0.1) is 11.3 Å². The van der Waals surface area contributed by atoms with Crippen LogP contribution >= 0.6 is 11.3 Å². The summed E-state index contributed by atoms with van der Waals surface area (Å²) in [5.74, 6) is 0. The van der Waals surface area contributed by atoms with Gasteiger partial charge < -0.3 is 9.40 Å². The molecule has 0 aliphatic rings. The molecule has 0 aliphatic carbocycles. The lowest BCUT2D eigenvalue weighted by Crippen LogP contribution is -1.80. The molecule has 0 radical (unpaired) electrons. The van der Waals surface area contributed by atoms with Crippen molar-refractivity contribution in [2.75, 3.05) is 0 Å². The Morgan fingerprint density at radius 3 is 2.19 bits per heavy atom. The van der Waals surface area contributed by atoms with Gasteiger partial charge in [-0.3, -0.25) is 0 Å². The molecule has 0 saturated heterocycles. The van der Waals surface area contributed by atoms with Gasteiger partial charge in [-0.1, -0.05) is 60.7 Å². The summed E-state index contributed by atoms with van der Waals surface area (Å²) >= 11 is 1.87. The maximum atomic E-state index is 6.34. The third kappa shape index (κ3) is 2.75. The van der Waals surface area contributed by atoms with Crippen LogP contribution < -0.4 is 0 Å². The number of nitrogens with one attached hydrogen (secondary N) is 1. The number of aromatic amines is 1. The van der Waals surface area contributed by atoms with Crippen molar-refractivity contribution in [1.82, 2.24) is 4.98 Å². The van der Waals surface area contributed by atoms with E-state index in [9.17, 15) is 0 Å². The van der Waals surface area contributed by atoms with Gasteiger partial charge in [0.2, 0.25) is 0 Å². The average molecular weight is 490 g/mol. The lowest BCUT2D eigenvalue weighted by Gasteiger charge is -2.05. The van der Waals surface area contributed by atoms with Crippen LogP contribution in [0.1, 0.15) is 0 Å². The Labute approximate surface area is 215 Å². The van der Waals surface area contributed by atoms with Crippen LogP contribution in [0.3, 0.4) is 0 Å². The Bertz CT molecular complexity index is 2370. The van der Waals surface area contributed by atoms with E-state index in [-0.39, 0.29) is 0 Å². The maximum Gasteiger partial charge on any atom is 0.137 e. The topological polar surface area (TPSA) is 28.9 Å². The molecule has 3 heterocycles. The van der Waals surface area contributed by atoms with E-state index in [2.05, 4.69) is 114 Å². The van der Waals surface area contributed by atoms with Gasteiger partial charge in [0, 0.05) is 53.3 Å². The minimum atomic E-state index is 0.916. The van der Waals surface area contributed by atoms with Crippen molar-refractivity contribution in [2.45, 2.75) is 0 Å². The number of H-pyrrole nitrogens is 1. The predicted molar refractivity (Wildman–Crippen MR) is 159 cm³/mol. The second kappa shape index (κ2) is 7.00. The van der Waals surface area contributed by atoms with E-state index in [1.54, 1.807) is 0 Å². The van der Waals surface area contributed by atoms with Gasteiger partial charge in [-0.25, -0.2) is 0 Å². The SMILES string of the molecule is c1ccc2c(c1)[nH]c1cc3oc4cc5ccc(-c6ccc7c(c6)sc6ccccc67)cc5cc4c3cc12. The molecule has 0 amide bonds. The number of thiophene rings is 1. The molecule has 0 bridgehead atoms. The van der Waals surface area contributed by atoms with Gasteiger partial charge >= 0.3 is 0 Å². The first kappa shape index (κ1) is 19.6. The number of fused-ring (bicyclic) bond motifs is 10. The van der Waals surface area contributed by atoms with Crippen LogP contribution in [0.15, 0.2) is 114 Å². The summed E-state index contributed by atoms with van der Waals surface area (Å²) in [7, 11) is 0. The van der Waals surface area contributed by atoms with E-state index in [4.69, 9.17) is 4.42 Å². The molecule has 37 heavy (non-hydrogen) atoms. The lowest BCUT2D eigenvalue weighted by molar-refractivity contribution is 0.670. The van der Waals surface area contributed by atoms with Gasteiger partial charge in [0.15, 0.2) is 0 Å². The largest absolute Gasteiger partial charge is 0.456 e. The Hall–Kier alpha value is -4.60. The first-order valence-corrected chi connectivity index (χ1v) is 13.3. The average Bonchev–Trinajstić information content (AvgIpc) is 3.60. The number of aromatic nitrogens is 1. The molecule has 2 nitrogen and oxygen atoms in total. The number of hydrogen-bond acceptors (Lipinski definition) is 2. The number of benzene rings is 6. The Balaban J connectivity index is 1.25. The molecular weight excluding hydrogens is 470 g/mol. The van der Waals surface area contributed by atoms with E-state index in [1.165, 1.54) is 52.8 Å². The van der Waals surface area contributed by atoms with Crippen LogP contribution in [0, 0.1) is 0 Å². The highest BCUT2D eigenvalue weighted by molar-refractivity contribution is 7.25. The molecule has 0 spiro atoms. The Kier molecular flexibility index (Phi) is 3.70. The third-order valence-corrected chi connectivity index (χ3v) is 8.90. The van der Waals surface area contributed by atoms with Crippen molar-refractivity contribution in [3.8, 4) is 11.1 Å². The molecule has 0 atom stereocenters. The summed E-state index contributed by atoms with van der Waals surface area (Å²) in [6.45, 7) is 0. The molecule has 9 rings (SSSR count). The fraction of sp³-hybridized carbons (Fsp3) is 0. The first-order valence-electron chi connectivity index (χ1n) is 12.5. The van der Waals surface area contributed by atoms with Gasteiger partial charge in [0.1, 0.15) is 11.2 Å². The smallest absolute Gasteiger partial charge is 0.137 e. The van der Waals surface area contributed by atoms with Crippen LogP contribution in [0.4, 0.5) is 0 Å². The summed E-state index contributed by atoms with van der Waals surface area (Å²) in [5.41, 5.74) is 6.59. The van der Waals surface area contributed by atoms with Crippen LogP contribution in [-0.2, 0) is 0 Å². The minimum Gasteiger partial charge on any atom is -0.456 e. The number of furan rings is 1. The van der Waals surface area contributed by atoms with E-state index in [1.807, 2.05) is 11.3 Å². The highest BCUT2D eigenvalue weighted by atomic mass is 32.1. The molecule has 0 aliphatic heterocycles. The summed E-state index contributed by atoms with van der Waals surface area (Å²) in [4.78, 5) is 3.53. The lowest BCUT2D eigenvalue weighted by atomic mass is 9.99. The van der Waals surface area contributed by atoms with E-state index in [0.29, 0.717) is 0 Å². The molecule has 3 heteroatoms. The minimum absolute atomic E-state index is 0.916. The molecule has 1 N–H and O–H groups in total. The standard InChI is InChI=1S/C34H19NOS/c1-3-7-29-23(5-1)26-17-28-27-14-22-13-19(9-10-20(22)15-31(27)36-32(28)18-30(26)35-29)21-11-12-25-24-6-2-4-8-33(24)37-34(25)16-21/h1-18,35H. The second-order valence-corrected chi connectivity index (χ2v) is 11.0. The van der Waals surface area contributed by atoms with E-state index < -0.39 is 0 Å². The summed E-state index contributed by atoms with van der Waals surface area (Å²) < 4.78 is 9.01. The van der Waals surface area contributed by atoms with Crippen molar-refractivity contribution in [3.05, 3.63) is 109 Å². The summed E-state index contributed by atoms with van der Waals surface area (Å²) in [5, 5.41) is 9.88. The maximum absolute atomic E-state index is 6.34. The zero-order valence-corrected chi connectivity index (χ0v) is 20.5. The quantitative estimate of drug-likeness (QED) is 0.244. The number of hydrogen-bond donors (Lipinski definition) is 1. The van der Waals surface area contributed by atoms with Gasteiger partial charge in [-0.2, -0.15) is 0 Å². The molecule has 9 aromatic rings. The Morgan fingerprint density at radius 1 is 0.459 bits per heavy atom. The molecular formula is C34H19NOS. The predicted octanol–water partition coefficient (Wildman–Crippen LogP) is 10.4. The van der Waals surface area contributed by atoms with Gasteiger partial charge in [0.25, 0.3) is 0 Å². The molecule has 3 aromatic heterocycles. The second-order valence-electron chi connectivity index (χ2n) is 9.89. The zero-order valence-electron chi connectivity index (χ0n) is 19.7.